The van der Waals surface area contributed by atoms with Crippen LogP contribution in [0.4, 0.5) is 0 Å². The first-order chi connectivity index (χ1) is 9.16. The molecule has 0 spiro atoms. The third-order valence-corrected chi connectivity index (χ3v) is 3.57. The molecule has 3 rings (SSSR count). The molecule has 0 aliphatic carbocycles. The zero-order chi connectivity index (χ0) is 13.4. The quantitative estimate of drug-likeness (QED) is 0.740. The summed E-state index contributed by atoms with van der Waals surface area (Å²) >= 11 is 3.27. The highest BCUT2D eigenvalue weighted by Gasteiger charge is 2.13. The molecular formula is C15H9BrO3. The second-order valence-corrected chi connectivity index (χ2v) is 4.91. The van der Waals surface area contributed by atoms with E-state index in [4.69, 9.17) is 4.42 Å². The van der Waals surface area contributed by atoms with Gasteiger partial charge in [-0.05, 0) is 34.1 Å². The Morgan fingerprint density at radius 3 is 2.53 bits per heavy atom. The molecule has 2 aromatic carbocycles. The van der Waals surface area contributed by atoms with Gasteiger partial charge in [0.15, 0.2) is 5.76 Å². The summed E-state index contributed by atoms with van der Waals surface area (Å²) in [5.74, 6) is 0.531. The van der Waals surface area contributed by atoms with Gasteiger partial charge in [-0.1, -0.05) is 30.3 Å². The minimum Gasteiger partial charge on any atom is -0.508 e. The Bertz CT molecular complexity index is 807. The molecule has 0 amide bonds. The summed E-state index contributed by atoms with van der Waals surface area (Å²) in [5, 5.41) is 9.79. The number of hydrogen-bond donors (Lipinski definition) is 1. The van der Waals surface area contributed by atoms with E-state index >= 15 is 0 Å². The first-order valence-electron chi connectivity index (χ1n) is 5.67. The molecule has 0 radical (unpaired) electrons. The number of phenolic OH excluding ortho intramolecular Hbond substituents is 1. The van der Waals surface area contributed by atoms with E-state index in [2.05, 4.69) is 15.9 Å². The van der Waals surface area contributed by atoms with Crippen LogP contribution in [0.1, 0.15) is 0 Å². The van der Waals surface area contributed by atoms with E-state index in [1.54, 1.807) is 6.07 Å². The fourth-order valence-electron chi connectivity index (χ4n) is 1.94. The Kier molecular flexibility index (Phi) is 2.87. The highest BCUT2D eigenvalue weighted by atomic mass is 79.9. The summed E-state index contributed by atoms with van der Waals surface area (Å²) in [6.45, 7) is 0. The molecule has 0 bridgehead atoms. The van der Waals surface area contributed by atoms with Crippen LogP contribution in [-0.4, -0.2) is 5.11 Å². The van der Waals surface area contributed by atoms with Crippen LogP contribution in [0.15, 0.2) is 62.2 Å². The van der Waals surface area contributed by atoms with Gasteiger partial charge in [-0.25, -0.2) is 0 Å². The molecule has 0 aliphatic rings. The number of aromatic hydroxyl groups is 1. The third kappa shape index (κ3) is 2.04. The monoisotopic (exact) mass is 316 g/mol. The summed E-state index contributed by atoms with van der Waals surface area (Å²) in [5.41, 5.74) is 1.07. The fraction of sp³-hybridized carbons (Fsp3) is 0. The molecule has 1 aromatic heterocycles. The van der Waals surface area contributed by atoms with Gasteiger partial charge in [0, 0.05) is 5.56 Å². The Balaban J connectivity index is 2.37. The van der Waals surface area contributed by atoms with E-state index in [1.807, 2.05) is 30.3 Å². The Labute approximate surface area is 117 Å². The van der Waals surface area contributed by atoms with E-state index in [1.165, 1.54) is 12.1 Å². The van der Waals surface area contributed by atoms with Crippen molar-refractivity contribution in [1.82, 2.24) is 0 Å². The van der Waals surface area contributed by atoms with Crippen molar-refractivity contribution in [3.05, 3.63) is 63.2 Å². The van der Waals surface area contributed by atoms with Crippen LogP contribution in [0, 0.1) is 0 Å². The van der Waals surface area contributed by atoms with Crippen LogP contribution >= 0.6 is 15.9 Å². The van der Waals surface area contributed by atoms with Crippen molar-refractivity contribution in [3.63, 3.8) is 0 Å². The van der Waals surface area contributed by atoms with E-state index in [0.717, 1.165) is 5.56 Å². The fourth-order valence-corrected chi connectivity index (χ4v) is 2.46. The molecule has 0 saturated carbocycles. The molecular weight excluding hydrogens is 308 g/mol. The average Bonchev–Trinajstić information content (AvgIpc) is 2.44. The summed E-state index contributed by atoms with van der Waals surface area (Å²) < 4.78 is 6.11. The molecule has 0 aliphatic heterocycles. The van der Waals surface area contributed by atoms with Gasteiger partial charge < -0.3 is 9.52 Å². The van der Waals surface area contributed by atoms with Gasteiger partial charge in [0.25, 0.3) is 0 Å². The highest BCUT2D eigenvalue weighted by molar-refractivity contribution is 9.10. The van der Waals surface area contributed by atoms with Crippen LogP contribution < -0.4 is 5.43 Å². The molecule has 3 nitrogen and oxygen atoms in total. The lowest BCUT2D eigenvalue weighted by molar-refractivity contribution is 0.475. The number of fused-ring (bicyclic) bond motifs is 1. The first kappa shape index (κ1) is 12.0. The van der Waals surface area contributed by atoms with E-state index in [0.29, 0.717) is 21.2 Å². The lowest BCUT2D eigenvalue weighted by Gasteiger charge is -2.06. The van der Waals surface area contributed by atoms with Crippen LogP contribution in [0.2, 0.25) is 0 Å². The van der Waals surface area contributed by atoms with Gasteiger partial charge in [0.05, 0.1) is 5.39 Å². The minimum atomic E-state index is -0.198. The van der Waals surface area contributed by atoms with E-state index in [9.17, 15) is 9.90 Å². The largest absolute Gasteiger partial charge is 0.508 e. The molecule has 0 saturated heterocycles. The zero-order valence-electron chi connectivity index (χ0n) is 9.76. The summed E-state index contributed by atoms with van der Waals surface area (Å²) in [6.07, 6.45) is 0. The van der Waals surface area contributed by atoms with Crippen molar-refractivity contribution < 1.29 is 9.52 Å². The number of benzene rings is 2. The van der Waals surface area contributed by atoms with Gasteiger partial charge in [-0.2, -0.15) is 0 Å². The van der Waals surface area contributed by atoms with Crippen molar-refractivity contribution in [2.75, 3.05) is 0 Å². The molecule has 19 heavy (non-hydrogen) atoms. The minimum absolute atomic E-state index is 0.0409. The molecule has 94 valence electrons. The van der Waals surface area contributed by atoms with Crippen LogP contribution in [0.5, 0.6) is 5.75 Å². The smallest absolute Gasteiger partial charge is 0.207 e. The maximum absolute atomic E-state index is 12.3. The summed E-state index contributed by atoms with van der Waals surface area (Å²) in [6, 6.07) is 13.9. The predicted molar refractivity (Wildman–Crippen MR) is 77.3 cm³/mol. The van der Waals surface area contributed by atoms with Gasteiger partial charge in [0.2, 0.25) is 5.43 Å². The number of halogens is 1. The van der Waals surface area contributed by atoms with Gasteiger partial charge in [0.1, 0.15) is 15.8 Å². The number of phenols is 1. The first-order valence-corrected chi connectivity index (χ1v) is 6.47. The van der Waals surface area contributed by atoms with Crippen LogP contribution in [0.3, 0.4) is 0 Å². The molecule has 4 heteroatoms. The lowest BCUT2D eigenvalue weighted by atomic mass is 10.1. The molecule has 3 aromatic rings. The Morgan fingerprint density at radius 1 is 1.05 bits per heavy atom. The SMILES string of the molecule is O=c1c(Br)c(-c2ccccc2)oc2ccc(O)cc12. The van der Waals surface area contributed by atoms with Crippen molar-refractivity contribution in [2.24, 2.45) is 0 Å². The maximum Gasteiger partial charge on any atom is 0.207 e. The number of rotatable bonds is 1. The van der Waals surface area contributed by atoms with Gasteiger partial charge in [-0.15, -0.1) is 0 Å². The molecule has 0 atom stereocenters. The highest BCUT2D eigenvalue weighted by Crippen LogP contribution is 2.30. The maximum atomic E-state index is 12.3. The normalized spacial score (nSPS) is 10.8. The van der Waals surface area contributed by atoms with Crippen molar-refractivity contribution in [3.8, 4) is 17.1 Å². The average molecular weight is 317 g/mol. The zero-order valence-corrected chi connectivity index (χ0v) is 11.3. The van der Waals surface area contributed by atoms with Crippen molar-refractivity contribution >= 4 is 26.9 Å². The second-order valence-electron chi connectivity index (χ2n) is 4.12. The summed E-state index contributed by atoms with van der Waals surface area (Å²) in [4.78, 5) is 12.3. The van der Waals surface area contributed by atoms with Crippen molar-refractivity contribution in [2.45, 2.75) is 0 Å². The van der Waals surface area contributed by atoms with E-state index < -0.39 is 0 Å². The molecule has 1 heterocycles. The van der Waals surface area contributed by atoms with Gasteiger partial charge >= 0.3 is 0 Å². The third-order valence-electron chi connectivity index (χ3n) is 2.85. The molecule has 1 N–H and O–H groups in total. The topological polar surface area (TPSA) is 50.4 Å². The molecule has 0 unspecified atom stereocenters. The molecule has 0 fully saturated rings. The Morgan fingerprint density at radius 2 is 1.79 bits per heavy atom. The lowest BCUT2D eigenvalue weighted by Crippen LogP contribution is -2.04. The van der Waals surface area contributed by atoms with Crippen molar-refractivity contribution in [1.29, 1.82) is 0 Å². The second kappa shape index (κ2) is 4.55. The van der Waals surface area contributed by atoms with Crippen LogP contribution in [0.25, 0.3) is 22.3 Å². The summed E-state index contributed by atoms with van der Waals surface area (Å²) in [7, 11) is 0. The Hall–Kier alpha value is -2.07. The predicted octanol–water partition coefficient (Wildman–Crippen LogP) is 3.93. The van der Waals surface area contributed by atoms with Crippen LogP contribution in [-0.2, 0) is 0 Å². The van der Waals surface area contributed by atoms with Gasteiger partial charge in [-0.3, -0.25) is 4.79 Å². The number of hydrogen-bond acceptors (Lipinski definition) is 3. The standard InChI is InChI=1S/C15H9BrO3/c16-13-14(18)11-8-10(17)6-7-12(11)19-15(13)9-4-2-1-3-5-9/h1-8,17H. The van der Waals surface area contributed by atoms with E-state index in [-0.39, 0.29) is 11.2 Å².